The van der Waals surface area contributed by atoms with Crippen molar-refractivity contribution in [2.45, 2.75) is 5.56 Å². The van der Waals surface area contributed by atoms with Gasteiger partial charge in [0.25, 0.3) is 0 Å². The fraction of sp³-hybridized carbons (Fsp3) is 0.700. The average Bonchev–Trinajstić information content (AvgIpc) is 2.37. The maximum atomic E-state index is 6.03. The summed E-state index contributed by atoms with van der Waals surface area (Å²) in [4.78, 5) is 12.5. The molecule has 2 unspecified atom stereocenters. The number of hydrogen-bond acceptors (Lipinski definition) is 6. The number of rotatable bonds is 3. The Hall–Kier alpha value is -0.890. The molecule has 0 saturated carbocycles. The van der Waals surface area contributed by atoms with Crippen molar-refractivity contribution in [2.24, 2.45) is 0 Å². The van der Waals surface area contributed by atoms with Crippen LogP contribution in [-0.4, -0.2) is 61.5 Å². The maximum Gasteiger partial charge on any atom is 0.338 e. The number of likely N-dealkylation sites (N-methyl/N-ethyl adjacent to an activating group) is 1. The molecule has 0 N–H and O–H groups in total. The summed E-state index contributed by atoms with van der Waals surface area (Å²) in [5.41, 5.74) is -0.350. The van der Waals surface area contributed by atoms with Crippen molar-refractivity contribution in [3.63, 3.8) is 0 Å². The van der Waals surface area contributed by atoms with Crippen molar-refractivity contribution in [1.82, 2.24) is 19.4 Å². The summed E-state index contributed by atoms with van der Waals surface area (Å²) >= 11 is 6.03. The molecule has 0 aromatic carbocycles. The number of aromatic nitrogens is 3. The summed E-state index contributed by atoms with van der Waals surface area (Å²) in [5, 5.41) is 0. The van der Waals surface area contributed by atoms with Gasteiger partial charge in [-0.1, -0.05) is 11.6 Å². The lowest BCUT2D eigenvalue weighted by molar-refractivity contribution is -0.00000933. The number of halogens is 2. The first kappa shape index (κ1) is 16.2. The summed E-state index contributed by atoms with van der Waals surface area (Å²) in [7, 11) is 5.00. The van der Waals surface area contributed by atoms with Crippen molar-refractivity contribution < 1.29 is 26.6 Å². The Balaban J connectivity index is 0.00000180. The number of ether oxygens (including phenoxy) is 3. The van der Waals surface area contributed by atoms with Gasteiger partial charge in [-0.25, -0.2) is 0 Å². The van der Waals surface area contributed by atoms with E-state index in [1.165, 1.54) is 14.2 Å². The second kappa shape index (κ2) is 6.51. The van der Waals surface area contributed by atoms with Gasteiger partial charge in [0, 0.05) is 0 Å². The van der Waals surface area contributed by atoms with Gasteiger partial charge in [0.15, 0.2) is 5.56 Å². The van der Waals surface area contributed by atoms with Crippen LogP contribution in [0.15, 0.2) is 0 Å². The van der Waals surface area contributed by atoms with Gasteiger partial charge in [-0.3, -0.25) is 4.48 Å². The van der Waals surface area contributed by atoms with Crippen LogP contribution in [0.4, 0.5) is 5.95 Å². The Bertz CT molecular complexity index is 415. The van der Waals surface area contributed by atoms with Gasteiger partial charge in [0.2, 0.25) is 0 Å². The van der Waals surface area contributed by atoms with E-state index >= 15 is 0 Å². The van der Waals surface area contributed by atoms with Gasteiger partial charge in [-0.2, -0.15) is 0 Å². The summed E-state index contributed by atoms with van der Waals surface area (Å²) in [6.07, 6.45) is 0. The highest BCUT2D eigenvalue weighted by Gasteiger charge is 2.36. The quantitative estimate of drug-likeness (QED) is 0.451. The Labute approximate surface area is 122 Å². The zero-order valence-electron chi connectivity index (χ0n) is 11.0. The molecule has 1 saturated heterocycles. The normalized spacial score (nSPS) is 26.4. The van der Waals surface area contributed by atoms with Crippen LogP contribution in [0.1, 0.15) is 0 Å². The molecule has 108 valence electrons. The molecule has 1 aliphatic heterocycles. The van der Waals surface area contributed by atoms with Crippen LogP contribution in [-0.2, 0) is 4.74 Å². The van der Waals surface area contributed by atoms with Crippen LogP contribution in [0.3, 0.4) is 0 Å². The van der Waals surface area contributed by atoms with Crippen molar-refractivity contribution in [3.05, 3.63) is 0 Å². The first-order valence-electron chi connectivity index (χ1n) is 5.52. The van der Waals surface area contributed by atoms with E-state index in [9.17, 15) is 0 Å². The van der Waals surface area contributed by atoms with Gasteiger partial charge in [0.1, 0.15) is 13.1 Å². The van der Waals surface area contributed by atoms with E-state index in [0.717, 1.165) is 6.54 Å². The molecule has 9 heteroatoms. The van der Waals surface area contributed by atoms with E-state index in [4.69, 9.17) is 25.8 Å². The van der Waals surface area contributed by atoms with Crippen molar-refractivity contribution in [2.75, 3.05) is 41.0 Å². The third-order valence-corrected chi connectivity index (χ3v) is 3.12. The van der Waals surface area contributed by atoms with Gasteiger partial charge >= 0.3 is 18.0 Å². The molecule has 0 amide bonds. The third kappa shape index (κ3) is 3.56. The van der Waals surface area contributed by atoms with E-state index in [2.05, 4.69) is 15.0 Å². The van der Waals surface area contributed by atoms with E-state index < -0.39 is 0 Å². The minimum Gasteiger partial charge on any atom is -1.00 e. The Morgan fingerprint density at radius 3 is 2.26 bits per heavy atom. The van der Waals surface area contributed by atoms with Crippen LogP contribution in [0.25, 0.3) is 0 Å². The fourth-order valence-corrected chi connectivity index (χ4v) is 2.17. The molecule has 1 fully saturated rings. The topological polar surface area (TPSA) is 66.4 Å². The van der Waals surface area contributed by atoms with E-state index in [-0.39, 0.29) is 30.0 Å². The number of hydrogen-bond donors (Lipinski definition) is 0. The lowest BCUT2D eigenvalue weighted by atomic mass is 10.3. The molecule has 2 atom stereocenters. The summed E-state index contributed by atoms with van der Waals surface area (Å²) in [6, 6.07) is 0.461. The monoisotopic (exact) mass is 310 g/mol. The first-order valence-corrected chi connectivity index (χ1v) is 5.96. The average molecular weight is 311 g/mol. The maximum absolute atomic E-state index is 6.03. The van der Waals surface area contributed by atoms with Crippen LogP contribution >= 0.6 is 11.6 Å². The molecule has 1 aromatic heterocycles. The van der Waals surface area contributed by atoms with Crippen LogP contribution in [0.5, 0.6) is 12.0 Å². The highest BCUT2D eigenvalue weighted by atomic mass is 35.5. The molecule has 1 aliphatic rings. The fourth-order valence-electron chi connectivity index (χ4n) is 1.78. The lowest BCUT2D eigenvalue weighted by Gasteiger charge is -2.36. The van der Waals surface area contributed by atoms with Crippen LogP contribution < -0.4 is 26.4 Å². The summed E-state index contributed by atoms with van der Waals surface area (Å²) in [6.45, 7) is 1.87. The van der Waals surface area contributed by atoms with Crippen LogP contribution in [0.2, 0.25) is 0 Å². The number of quaternary nitrogens is 1. The van der Waals surface area contributed by atoms with Gasteiger partial charge < -0.3 is 26.6 Å². The molecule has 1 aromatic rings. The minimum atomic E-state index is -0.350. The molecule has 0 aliphatic carbocycles. The van der Waals surface area contributed by atoms with Crippen molar-refractivity contribution in [1.29, 1.82) is 0 Å². The van der Waals surface area contributed by atoms with Crippen molar-refractivity contribution >= 4 is 17.5 Å². The second-order valence-electron chi connectivity index (χ2n) is 4.19. The Kier molecular flexibility index (Phi) is 5.54. The minimum absolute atomic E-state index is 0. The number of nitrogens with zero attached hydrogens (tertiary/aromatic N) is 4. The molecular formula is C10H16Cl2N4O3. The molecule has 2 rings (SSSR count). The number of methoxy groups -OCH3 is 2. The molecule has 0 radical (unpaired) electrons. The Morgan fingerprint density at radius 1 is 1.21 bits per heavy atom. The van der Waals surface area contributed by atoms with Gasteiger partial charge in [-0.05, 0) is 0 Å². The smallest absolute Gasteiger partial charge is 0.338 e. The summed E-state index contributed by atoms with van der Waals surface area (Å²) < 4.78 is 15.9. The molecule has 0 spiro atoms. The molecule has 0 bridgehead atoms. The van der Waals surface area contributed by atoms with E-state index in [0.29, 0.717) is 23.6 Å². The Morgan fingerprint density at radius 2 is 1.79 bits per heavy atom. The largest absolute Gasteiger partial charge is 1.00 e. The summed E-state index contributed by atoms with van der Waals surface area (Å²) in [5.74, 6) is 0.563. The third-order valence-electron chi connectivity index (χ3n) is 2.86. The number of alkyl halides is 1. The predicted octanol–water partition coefficient (Wildman–Crippen LogP) is -2.57. The zero-order chi connectivity index (χ0) is 13.2. The molecule has 19 heavy (non-hydrogen) atoms. The zero-order valence-corrected chi connectivity index (χ0v) is 12.5. The van der Waals surface area contributed by atoms with E-state index in [1.54, 1.807) is 0 Å². The molecule has 2 heterocycles. The molecular weight excluding hydrogens is 295 g/mol. The standard InChI is InChI=1S/C10H16ClN4O3.ClH/c1-15(4-5-18-7(11)6-15)8-12-9(16-2)14-10(13-8)17-3;/h7H,4-6H2,1-3H3;1H/q+1;/p-1. The lowest BCUT2D eigenvalue weighted by Crippen LogP contribution is -3.00. The van der Waals surface area contributed by atoms with Gasteiger partial charge in [-0.15, -0.1) is 15.0 Å². The molecule has 7 nitrogen and oxygen atoms in total. The SMILES string of the molecule is COc1nc(OC)nc([N+]2(C)CCOC(Cl)C2)n1.[Cl-]. The second-order valence-corrected chi connectivity index (χ2v) is 4.68. The number of morpholine rings is 1. The van der Waals surface area contributed by atoms with E-state index in [1.807, 2.05) is 7.05 Å². The van der Waals surface area contributed by atoms with Crippen LogP contribution in [0, 0.1) is 0 Å². The first-order chi connectivity index (χ1) is 8.57. The highest BCUT2D eigenvalue weighted by molar-refractivity contribution is 6.20. The van der Waals surface area contributed by atoms with Gasteiger partial charge in [0.05, 0.1) is 27.9 Å². The highest BCUT2D eigenvalue weighted by Crippen LogP contribution is 2.24. The predicted molar refractivity (Wildman–Crippen MR) is 66.0 cm³/mol. The van der Waals surface area contributed by atoms with Crippen molar-refractivity contribution in [3.8, 4) is 12.0 Å².